The van der Waals surface area contributed by atoms with E-state index in [0.717, 1.165) is 10.6 Å². The van der Waals surface area contributed by atoms with Gasteiger partial charge in [-0.2, -0.15) is 0 Å². The van der Waals surface area contributed by atoms with Crippen molar-refractivity contribution in [1.82, 2.24) is 0 Å². The lowest BCUT2D eigenvalue weighted by atomic mass is 10.2. The summed E-state index contributed by atoms with van der Waals surface area (Å²) in [6.07, 6.45) is 0.0493. The Morgan fingerprint density at radius 2 is 1.83 bits per heavy atom. The molecule has 1 aliphatic rings. The fourth-order valence-electron chi connectivity index (χ4n) is 2.55. The van der Waals surface area contributed by atoms with E-state index in [1.165, 1.54) is 0 Å². The van der Waals surface area contributed by atoms with Crippen LogP contribution < -0.4 is 15.0 Å². The number of imide groups is 1. The van der Waals surface area contributed by atoms with Gasteiger partial charge in [-0.25, -0.2) is 4.90 Å². The van der Waals surface area contributed by atoms with Crippen LogP contribution in [0.1, 0.15) is 6.42 Å². The summed E-state index contributed by atoms with van der Waals surface area (Å²) in [6, 6.07) is 11.3. The Kier molecular flexibility index (Phi) is 4.64. The van der Waals surface area contributed by atoms with Crippen LogP contribution in [0.3, 0.4) is 0 Å². The maximum Gasteiger partial charge on any atom is 0.256 e. The summed E-state index contributed by atoms with van der Waals surface area (Å²) in [6.45, 7) is 0. The molecule has 0 aromatic heterocycles. The Labute approximate surface area is 149 Å². The van der Waals surface area contributed by atoms with Gasteiger partial charge in [0.2, 0.25) is 5.91 Å². The number of nitrogens with zero attached hydrogens (tertiary/aromatic N) is 1. The number of methoxy groups -OCH3 is 1. The Hall–Kier alpha value is -2.24. The van der Waals surface area contributed by atoms with Crippen molar-refractivity contribution in [3.63, 3.8) is 0 Å². The first-order valence-corrected chi connectivity index (χ1v) is 7.98. The number of hydrogen-bond acceptors (Lipinski definition) is 4. The first-order chi connectivity index (χ1) is 11.5. The number of hydrogen-bond donors (Lipinski definition) is 1. The minimum absolute atomic E-state index is 0.0493. The Bertz CT molecular complexity index is 793. The fraction of sp³-hybridized carbons (Fsp3) is 0.176. The van der Waals surface area contributed by atoms with E-state index in [0.29, 0.717) is 16.5 Å². The lowest BCUT2D eigenvalue weighted by molar-refractivity contribution is -0.121. The molecule has 0 radical (unpaired) electrons. The molecule has 2 amide bonds. The van der Waals surface area contributed by atoms with Crippen LogP contribution in [-0.2, 0) is 9.59 Å². The van der Waals surface area contributed by atoms with Crippen LogP contribution in [0.15, 0.2) is 42.5 Å². The third kappa shape index (κ3) is 3.05. The molecule has 124 valence electrons. The van der Waals surface area contributed by atoms with E-state index in [4.69, 9.17) is 27.9 Å². The van der Waals surface area contributed by atoms with Crippen LogP contribution in [0.25, 0.3) is 0 Å². The van der Waals surface area contributed by atoms with Crippen LogP contribution in [0.2, 0.25) is 10.0 Å². The number of halogens is 2. The monoisotopic (exact) mass is 364 g/mol. The Morgan fingerprint density at radius 1 is 1.12 bits per heavy atom. The average molecular weight is 365 g/mol. The number of rotatable bonds is 4. The second-order valence-corrected chi connectivity index (χ2v) is 6.06. The minimum atomic E-state index is -0.652. The van der Waals surface area contributed by atoms with Gasteiger partial charge in [-0.15, -0.1) is 0 Å². The van der Waals surface area contributed by atoms with E-state index in [-0.39, 0.29) is 23.3 Å². The second-order valence-electron chi connectivity index (χ2n) is 5.27. The summed E-state index contributed by atoms with van der Waals surface area (Å²) in [5.74, 6) is 0.0249. The minimum Gasteiger partial charge on any atom is -0.497 e. The van der Waals surface area contributed by atoms with Crippen molar-refractivity contribution in [1.29, 1.82) is 0 Å². The zero-order valence-electron chi connectivity index (χ0n) is 12.8. The molecule has 2 aromatic rings. The molecule has 7 heteroatoms. The maximum atomic E-state index is 12.6. The van der Waals surface area contributed by atoms with E-state index in [1.807, 2.05) is 0 Å². The topological polar surface area (TPSA) is 58.6 Å². The second kappa shape index (κ2) is 6.71. The van der Waals surface area contributed by atoms with E-state index < -0.39 is 6.04 Å². The smallest absolute Gasteiger partial charge is 0.256 e. The van der Waals surface area contributed by atoms with Crippen LogP contribution in [0.4, 0.5) is 11.4 Å². The Morgan fingerprint density at radius 3 is 2.50 bits per heavy atom. The molecule has 1 atom stereocenters. The molecular weight excluding hydrogens is 351 g/mol. The van der Waals surface area contributed by atoms with Gasteiger partial charge in [0.25, 0.3) is 5.91 Å². The maximum absolute atomic E-state index is 12.6. The number of amides is 2. The van der Waals surface area contributed by atoms with E-state index >= 15 is 0 Å². The summed E-state index contributed by atoms with van der Waals surface area (Å²) in [5, 5.41) is 3.54. The molecule has 1 saturated heterocycles. The first kappa shape index (κ1) is 16.6. The Balaban J connectivity index is 1.82. The fourth-order valence-corrected chi connectivity index (χ4v) is 2.93. The van der Waals surface area contributed by atoms with Crippen molar-refractivity contribution in [3.05, 3.63) is 52.5 Å². The number of anilines is 2. The van der Waals surface area contributed by atoms with Gasteiger partial charge in [-0.05, 0) is 36.4 Å². The van der Waals surface area contributed by atoms with E-state index in [2.05, 4.69) is 5.32 Å². The van der Waals surface area contributed by atoms with Crippen molar-refractivity contribution in [2.45, 2.75) is 12.5 Å². The highest BCUT2D eigenvalue weighted by atomic mass is 35.5. The van der Waals surface area contributed by atoms with Crippen LogP contribution in [0, 0.1) is 0 Å². The molecule has 1 unspecified atom stereocenters. The summed E-state index contributed by atoms with van der Waals surface area (Å²) < 4.78 is 5.09. The predicted molar refractivity (Wildman–Crippen MR) is 94.0 cm³/mol. The summed E-state index contributed by atoms with van der Waals surface area (Å²) >= 11 is 12.1. The van der Waals surface area contributed by atoms with Crippen molar-refractivity contribution < 1.29 is 14.3 Å². The number of carbonyl (C=O) groups is 2. The highest BCUT2D eigenvalue weighted by Gasteiger charge is 2.40. The van der Waals surface area contributed by atoms with Gasteiger partial charge >= 0.3 is 0 Å². The van der Waals surface area contributed by atoms with Gasteiger partial charge in [-0.1, -0.05) is 29.3 Å². The normalized spacial score (nSPS) is 17.3. The molecule has 0 saturated carbocycles. The molecule has 5 nitrogen and oxygen atoms in total. The molecule has 1 heterocycles. The highest BCUT2D eigenvalue weighted by Crippen LogP contribution is 2.35. The molecule has 1 fully saturated rings. The summed E-state index contributed by atoms with van der Waals surface area (Å²) in [5.41, 5.74) is 1.03. The lowest BCUT2D eigenvalue weighted by Gasteiger charge is -2.17. The molecule has 1 N–H and O–H groups in total. The van der Waals surface area contributed by atoms with Crippen LogP contribution in [0.5, 0.6) is 5.75 Å². The molecule has 0 spiro atoms. The van der Waals surface area contributed by atoms with Gasteiger partial charge < -0.3 is 10.1 Å². The third-order valence-electron chi connectivity index (χ3n) is 3.75. The molecule has 0 aliphatic carbocycles. The molecule has 1 aliphatic heterocycles. The number of benzene rings is 2. The average Bonchev–Trinajstić information content (AvgIpc) is 2.85. The largest absolute Gasteiger partial charge is 0.497 e. The summed E-state index contributed by atoms with van der Waals surface area (Å²) in [4.78, 5) is 26.0. The van der Waals surface area contributed by atoms with Gasteiger partial charge in [0.05, 0.1) is 29.3 Å². The van der Waals surface area contributed by atoms with Gasteiger partial charge in [-0.3, -0.25) is 9.59 Å². The van der Waals surface area contributed by atoms with Crippen molar-refractivity contribution in [2.24, 2.45) is 0 Å². The number of ether oxygens (including phenoxy) is 1. The molecule has 2 aromatic carbocycles. The van der Waals surface area contributed by atoms with Crippen molar-refractivity contribution in [3.8, 4) is 5.75 Å². The van der Waals surface area contributed by atoms with Crippen molar-refractivity contribution >= 4 is 46.4 Å². The summed E-state index contributed by atoms with van der Waals surface area (Å²) in [7, 11) is 1.58. The lowest BCUT2D eigenvalue weighted by Crippen LogP contribution is -2.35. The zero-order chi connectivity index (χ0) is 17.3. The van der Waals surface area contributed by atoms with Gasteiger partial charge in [0.15, 0.2) is 0 Å². The standard InChI is InChI=1S/C17H14Cl2N2O3/c1-24-11-7-5-10(6-8-11)20-13-9-15(22)21(17(13)23)14-4-2-3-12(18)16(14)19/h2-8,13,20H,9H2,1H3. The number of carbonyl (C=O) groups excluding carboxylic acids is 2. The zero-order valence-corrected chi connectivity index (χ0v) is 14.3. The molecule has 24 heavy (non-hydrogen) atoms. The van der Waals surface area contributed by atoms with Gasteiger partial charge in [0.1, 0.15) is 11.8 Å². The SMILES string of the molecule is COc1ccc(NC2CC(=O)N(c3cccc(Cl)c3Cl)C2=O)cc1. The van der Waals surface area contributed by atoms with E-state index in [1.54, 1.807) is 49.6 Å². The predicted octanol–water partition coefficient (Wildman–Crippen LogP) is 3.75. The molecule has 3 rings (SSSR count). The van der Waals surface area contributed by atoms with Crippen molar-refractivity contribution in [2.75, 3.05) is 17.3 Å². The molecule has 0 bridgehead atoms. The number of nitrogens with one attached hydrogen (secondary N) is 1. The van der Waals surface area contributed by atoms with E-state index in [9.17, 15) is 9.59 Å². The first-order valence-electron chi connectivity index (χ1n) is 7.22. The quantitative estimate of drug-likeness (QED) is 0.839. The van der Waals surface area contributed by atoms with Crippen LogP contribution >= 0.6 is 23.2 Å². The van der Waals surface area contributed by atoms with Crippen LogP contribution in [-0.4, -0.2) is 25.0 Å². The third-order valence-corrected chi connectivity index (χ3v) is 4.56. The highest BCUT2D eigenvalue weighted by molar-refractivity contribution is 6.45. The molecular formula is C17H14Cl2N2O3. The van der Waals surface area contributed by atoms with Gasteiger partial charge in [0, 0.05) is 5.69 Å².